The predicted octanol–water partition coefficient (Wildman–Crippen LogP) is -7.95. The smallest absolute Gasteiger partial charge is 0.188 e. The predicted molar refractivity (Wildman–Crippen MR) is 132 cm³/mol. The van der Waals surface area contributed by atoms with Crippen LogP contribution in [0.25, 0.3) is 0 Å². The van der Waals surface area contributed by atoms with E-state index in [4.69, 9.17) is 41.6 Å². The van der Waals surface area contributed by atoms with Crippen molar-refractivity contribution in [1.29, 1.82) is 5.41 Å². The Morgan fingerprint density at radius 2 is 1.63 bits per heavy atom. The van der Waals surface area contributed by atoms with E-state index in [1.807, 2.05) is 0 Å². The number of aldehydes is 1. The Morgan fingerprint density at radius 3 is 2.15 bits per heavy atom. The SMILES string of the molecule is CN[C@@H]1[C@H](O[C@H]2[C@H](O[C@H]3[C@H](O)[C@@H](O)[C@H](N=C(N)N)[C@@H](O)[C@@H]3NC(=N)N)O[C@@H](C)[C@]2(O)C=O)O[C@@H](CO)[C@H](O)[C@H]1O.[Pt]. The molecule has 19 nitrogen and oxygen atoms in total. The molecule has 1 saturated carbocycles. The zero-order valence-electron chi connectivity index (χ0n) is 22.0. The fourth-order valence-corrected chi connectivity index (χ4v) is 5.13. The number of aliphatic hydroxyl groups excluding tert-OH is 6. The number of carbonyl (C=O) groups is 1. The van der Waals surface area contributed by atoms with Crippen LogP contribution in [0, 0.1) is 5.41 Å². The zero-order valence-corrected chi connectivity index (χ0v) is 24.3. The van der Waals surface area contributed by atoms with Crippen LogP contribution >= 0.6 is 0 Å². The molecule has 0 spiro atoms. The molecule has 3 fully saturated rings. The monoisotopic (exact) mass is 776 g/mol. The molecule has 2 aliphatic heterocycles. The summed E-state index contributed by atoms with van der Waals surface area (Å²) in [5.74, 6) is -1.16. The molecule has 0 bridgehead atoms. The van der Waals surface area contributed by atoms with Crippen LogP contribution in [0.1, 0.15) is 6.92 Å². The summed E-state index contributed by atoms with van der Waals surface area (Å²) < 4.78 is 22.9. The van der Waals surface area contributed by atoms with Gasteiger partial charge in [0.05, 0.1) is 24.8 Å². The molecule has 16 N–H and O–H groups in total. The van der Waals surface area contributed by atoms with Crippen molar-refractivity contribution >= 4 is 18.2 Å². The normalized spacial score (nSPS) is 46.3. The van der Waals surface area contributed by atoms with Crippen molar-refractivity contribution in [1.82, 2.24) is 10.6 Å². The molecular weight excluding hydrogens is 737 g/mol. The van der Waals surface area contributed by atoms with Gasteiger partial charge in [-0.2, -0.15) is 0 Å². The van der Waals surface area contributed by atoms with Crippen molar-refractivity contribution in [3.63, 3.8) is 0 Å². The molecule has 0 unspecified atom stereocenters. The van der Waals surface area contributed by atoms with Crippen LogP contribution in [0.2, 0.25) is 0 Å². The van der Waals surface area contributed by atoms with Gasteiger partial charge in [0, 0.05) is 21.1 Å². The van der Waals surface area contributed by atoms with Gasteiger partial charge in [-0.25, -0.2) is 4.99 Å². The van der Waals surface area contributed by atoms with Crippen LogP contribution in [0.15, 0.2) is 4.99 Å². The number of aliphatic hydroxyl groups is 7. The average Bonchev–Trinajstić information content (AvgIpc) is 3.13. The molecule has 0 amide bonds. The van der Waals surface area contributed by atoms with E-state index in [2.05, 4.69) is 15.6 Å². The van der Waals surface area contributed by atoms with E-state index in [1.165, 1.54) is 14.0 Å². The van der Waals surface area contributed by atoms with Gasteiger partial charge in [0.1, 0.15) is 54.9 Å². The van der Waals surface area contributed by atoms with Gasteiger partial charge in [-0.05, 0) is 14.0 Å². The van der Waals surface area contributed by atoms with E-state index in [9.17, 15) is 40.5 Å². The molecule has 2 saturated heterocycles. The minimum Gasteiger partial charge on any atom is -0.394 e. The van der Waals surface area contributed by atoms with E-state index in [0.717, 1.165) is 0 Å². The van der Waals surface area contributed by atoms with Crippen LogP contribution in [0.4, 0.5) is 0 Å². The van der Waals surface area contributed by atoms with E-state index >= 15 is 0 Å². The molecule has 15 atom stereocenters. The van der Waals surface area contributed by atoms with Crippen LogP contribution in [0.3, 0.4) is 0 Å². The number of likely N-dealkylation sites (N-methyl/N-ethyl adjacent to an activating group) is 1. The molecule has 20 heteroatoms. The molecular formula is C21H39N7O12Pt. The van der Waals surface area contributed by atoms with Gasteiger partial charge in [-0.1, -0.05) is 0 Å². The third-order valence-corrected chi connectivity index (χ3v) is 7.40. The Bertz CT molecular complexity index is 937. The maximum absolute atomic E-state index is 12.1. The average molecular weight is 777 g/mol. The first-order valence-electron chi connectivity index (χ1n) is 12.4. The third kappa shape index (κ3) is 6.98. The van der Waals surface area contributed by atoms with Crippen LogP contribution in [0.5, 0.6) is 0 Å². The fraction of sp³-hybridized carbons (Fsp3) is 0.857. The molecule has 2 heterocycles. The Morgan fingerprint density at radius 1 is 1.00 bits per heavy atom. The van der Waals surface area contributed by atoms with Gasteiger partial charge < -0.3 is 82.5 Å². The number of guanidine groups is 2. The zero-order chi connectivity index (χ0) is 30.1. The first-order chi connectivity index (χ1) is 18.7. The van der Waals surface area contributed by atoms with Gasteiger partial charge in [0.2, 0.25) is 0 Å². The summed E-state index contributed by atoms with van der Waals surface area (Å²) in [4.78, 5) is 15.8. The first kappa shape index (κ1) is 35.6. The summed E-state index contributed by atoms with van der Waals surface area (Å²) in [6, 6.07) is -4.02. The molecule has 3 rings (SSSR count). The summed E-state index contributed by atoms with van der Waals surface area (Å²) >= 11 is 0. The quantitative estimate of drug-likeness (QED) is 0.0587. The fourth-order valence-electron chi connectivity index (χ4n) is 5.13. The Labute approximate surface area is 248 Å². The van der Waals surface area contributed by atoms with Crippen molar-refractivity contribution in [3.05, 3.63) is 0 Å². The van der Waals surface area contributed by atoms with Gasteiger partial charge in [-0.15, -0.1) is 0 Å². The Balaban J connectivity index is 0.00000588. The molecule has 0 aromatic rings. The third-order valence-electron chi connectivity index (χ3n) is 7.40. The van der Waals surface area contributed by atoms with Gasteiger partial charge in [0.15, 0.2) is 36.4 Å². The minimum atomic E-state index is -2.39. The number of hydrogen-bond acceptors (Lipinski definition) is 15. The molecule has 41 heavy (non-hydrogen) atoms. The number of aliphatic imine (C=N–C) groups is 1. The maximum atomic E-state index is 12.1. The van der Waals surface area contributed by atoms with Crippen LogP contribution in [-0.2, 0) is 44.8 Å². The van der Waals surface area contributed by atoms with E-state index in [-0.39, 0.29) is 27.4 Å². The largest absolute Gasteiger partial charge is 0.394 e. The standard InChI is InChI=1S/C21H39N7O12.Pt/c1-5-21(36,4-30)16(40-17-9(26-2)13(34)10(31)6(3-29)38-17)18(37-5)39-15-8(28-20(24)25)11(32)7(27-19(22)23)12(33)14(15)35;/h4-18,26,29,31-36H,3H2,1-2H3,(H4,22,23,27)(H4,24,25,28);/t5-,6-,7+,8-,9-,10-,11+,12-,13-,14+,15+,16-,17-,18-,21+;/m0./s1. The first-order valence-corrected chi connectivity index (χ1v) is 12.4. The maximum Gasteiger partial charge on any atom is 0.188 e. The second kappa shape index (κ2) is 14.3. The van der Waals surface area contributed by atoms with Crippen molar-refractivity contribution in [2.75, 3.05) is 13.7 Å². The van der Waals surface area contributed by atoms with Crippen molar-refractivity contribution in [2.45, 2.75) is 98.2 Å². The minimum absolute atomic E-state index is 0. The van der Waals surface area contributed by atoms with E-state index < -0.39 is 110 Å². The van der Waals surface area contributed by atoms with Crippen molar-refractivity contribution in [3.8, 4) is 0 Å². The second-order valence-electron chi connectivity index (χ2n) is 9.93. The molecule has 1 aliphatic carbocycles. The van der Waals surface area contributed by atoms with Crippen LogP contribution in [-0.4, -0.2) is 159 Å². The number of ether oxygens (including phenoxy) is 4. The Kier molecular flexibility index (Phi) is 12.4. The Hall–Kier alpha value is -1.58. The molecule has 240 valence electrons. The number of nitrogens with two attached hydrogens (primary N) is 3. The molecule has 0 aromatic carbocycles. The summed E-state index contributed by atoms with van der Waals surface area (Å²) in [6.45, 7) is 0.616. The molecule has 0 radical (unpaired) electrons. The summed E-state index contributed by atoms with van der Waals surface area (Å²) in [7, 11) is 1.42. The van der Waals surface area contributed by atoms with Crippen LogP contribution < -0.4 is 27.8 Å². The van der Waals surface area contributed by atoms with E-state index in [1.54, 1.807) is 0 Å². The van der Waals surface area contributed by atoms with Gasteiger partial charge in [0.25, 0.3) is 0 Å². The summed E-state index contributed by atoms with van der Waals surface area (Å²) in [5.41, 5.74) is 13.8. The van der Waals surface area contributed by atoms with Gasteiger partial charge >= 0.3 is 0 Å². The molecule has 0 aromatic heterocycles. The number of nitrogens with one attached hydrogen (secondary N) is 3. The topological polar surface area (TPSA) is 334 Å². The van der Waals surface area contributed by atoms with Crippen molar-refractivity contribution in [2.24, 2.45) is 22.2 Å². The van der Waals surface area contributed by atoms with Crippen molar-refractivity contribution < 1.29 is 80.6 Å². The number of rotatable bonds is 9. The number of hydrogen-bond donors (Lipinski definition) is 13. The second-order valence-corrected chi connectivity index (χ2v) is 9.93. The number of nitrogens with zero attached hydrogens (tertiary/aromatic N) is 1. The van der Waals surface area contributed by atoms with Gasteiger partial charge in [-0.3, -0.25) is 10.2 Å². The number of carbonyl (C=O) groups excluding carboxylic acids is 1. The summed E-state index contributed by atoms with van der Waals surface area (Å²) in [6.07, 6.45) is -17.3. The van der Waals surface area contributed by atoms with E-state index in [0.29, 0.717) is 0 Å². The molecule has 3 aliphatic rings. The summed E-state index contributed by atoms with van der Waals surface area (Å²) in [5, 5.41) is 86.6.